The Morgan fingerprint density at radius 3 is 2.66 bits per heavy atom. The highest BCUT2D eigenvalue weighted by molar-refractivity contribution is 6.35. The molecule has 0 radical (unpaired) electrons. The molecule has 0 atom stereocenters. The summed E-state index contributed by atoms with van der Waals surface area (Å²) in [5.74, 6) is -0.462. The van der Waals surface area contributed by atoms with Gasteiger partial charge in [-0.1, -0.05) is 11.6 Å². The standard InChI is InChI=1S/C21H19ClF3N5O2/c22-16-1-2-17(32-14-3-5-27-6-4-14)18-15(16)10-28-20(30-18)29-13-8-11(19(26)31)7-12(9-13)21(23,24)25/h1-2,7-10,14,27H,3-6H2,(H2,26,31)(H,28,29,30). The van der Waals surface area contributed by atoms with Gasteiger partial charge in [0.25, 0.3) is 0 Å². The first-order valence-corrected chi connectivity index (χ1v) is 10.2. The number of carbonyl (C=O) groups excluding carboxylic acids is 1. The Morgan fingerprint density at radius 1 is 1.22 bits per heavy atom. The molecule has 1 aliphatic heterocycles. The summed E-state index contributed by atoms with van der Waals surface area (Å²) in [6.07, 6.45) is -1.52. The molecule has 0 aliphatic carbocycles. The Balaban J connectivity index is 1.70. The fourth-order valence-corrected chi connectivity index (χ4v) is 3.65. The maximum atomic E-state index is 13.2. The van der Waals surface area contributed by atoms with Crippen LogP contribution in [0, 0.1) is 0 Å². The number of nitrogens with one attached hydrogen (secondary N) is 2. The number of rotatable bonds is 5. The van der Waals surface area contributed by atoms with Crippen molar-refractivity contribution in [3.05, 3.63) is 52.7 Å². The highest BCUT2D eigenvalue weighted by Gasteiger charge is 2.31. The molecule has 0 bridgehead atoms. The third kappa shape index (κ3) is 4.86. The second-order valence-corrected chi connectivity index (χ2v) is 7.76. The summed E-state index contributed by atoms with van der Waals surface area (Å²) < 4.78 is 45.8. The van der Waals surface area contributed by atoms with Gasteiger partial charge in [-0.15, -0.1) is 0 Å². The van der Waals surface area contributed by atoms with Crippen molar-refractivity contribution in [3.63, 3.8) is 0 Å². The summed E-state index contributed by atoms with van der Waals surface area (Å²) >= 11 is 6.27. The van der Waals surface area contributed by atoms with Gasteiger partial charge in [-0.05, 0) is 56.3 Å². The molecule has 1 aromatic heterocycles. The van der Waals surface area contributed by atoms with Crippen LogP contribution in [0.5, 0.6) is 5.75 Å². The van der Waals surface area contributed by atoms with Crippen LogP contribution in [0.2, 0.25) is 5.02 Å². The zero-order valence-electron chi connectivity index (χ0n) is 16.7. The predicted octanol–water partition coefficient (Wildman–Crippen LogP) is 4.28. The molecule has 4 N–H and O–H groups in total. The number of halogens is 4. The number of fused-ring (bicyclic) bond motifs is 1. The number of amides is 1. The second-order valence-electron chi connectivity index (χ2n) is 7.35. The number of benzene rings is 2. The molecule has 11 heteroatoms. The van der Waals surface area contributed by atoms with Crippen LogP contribution < -0.4 is 21.1 Å². The van der Waals surface area contributed by atoms with Gasteiger partial charge in [0.2, 0.25) is 11.9 Å². The Labute approximate surface area is 186 Å². The quantitative estimate of drug-likeness (QED) is 0.520. The zero-order chi connectivity index (χ0) is 22.9. The second kappa shape index (κ2) is 8.79. The molecule has 168 valence electrons. The van der Waals surface area contributed by atoms with Crippen molar-refractivity contribution < 1.29 is 22.7 Å². The number of anilines is 2. The third-order valence-electron chi connectivity index (χ3n) is 5.04. The average molecular weight is 466 g/mol. The molecular formula is C21H19ClF3N5O2. The van der Waals surface area contributed by atoms with Crippen molar-refractivity contribution in [2.75, 3.05) is 18.4 Å². The lowest BCUT2D eigenvalue weighted by molar-refractivity contribution is -0.137. The maximum absolute atomic E-state index is 13.2. The molecule has 1 fully saturated rings. The monoisotopic (exact) mass is 465 g/mol. The Morgan fingerprint density at radius 2 is 1.97 bits per heavy atom. The SMILES string of the molecule is NC(=O)c1cc(Nc2ncc3c(Cl)ccc(OC4CCNCC4)c3n2)cc(C(F)(F)F)c1. The summed E-state index contributed by atoms with van der Waals surface area (Å²) in [5.41, 5.74) is 4.27. The van der Waals surface area contributed by atoms with Crippen LogP contribution in [0.25, 0.3) is 10.9 Å². The van der Waals surface area contributed by atoms with Gasteiger partial charge < -0.3 is 21.1 Å². The fourth-order valence-electron chi connectivity index (χ4n) is 3.44. The molecule has 0 unspecified atom stereocenters. The lowest BCUT2D eigenvalue weighted by atomic mass is 10.1. The number of primary amides is 1. The number of alkyl halides is 3. The highest BCUT2D eigenvalue weighted by atomic mass is 35.5. The average Bonchev–Trinajstić information content (AvgIpc) is 2.75. The van der Waals surface area contributed by atoms with Crippen molar-refractivity contribution in [1.82, 2.24) is 15.3 Å². The van der Waals surface area contributed by atoms with Crippen LogP contribution in [0.15, 0.2) is 36.5 Å². The van der Waals surface area contributed by atoms with E-state index in [1.165, 1.54) is 12.3 Å². The minimum atomic E-state index is -4.66. The molecule has 1 aliphatic rings. The van der Waals surface area contributed by atoms with E-state index in [2.05, 4.69) is 20.6 Å². The summed E-state index contributed by atoms with van der Waals surface area (Å²) in [6, 6.07) is 6.14. The number of ether oxygens (including phenoxy) is 1. The minimum absolute atomic E-state index is 0.00796. The first-order valence-electron chi connectivity index (χ1n) is 9.82. The smallest absolute Gasteiger partial charge is 0.416 e. The van der Waals surface area contributed by atoms with Crippen LogP contribution in [-0.2, 0) is 6.18 Å². The molecule has 1 saturated heterocycles. The van der Waals surface area contributed by atoms with Crippen molar-refractivity contribution in [3.8, 4) is 5.75 Å². The van der Waals surface area contributed by atoms with E-state index in [1.54, 1.807) is 12.1 Å². The molecular weight excluding hydrogens is 447 g/mol. The minimum Gasteiger partial charge on any atom is -0.488 e. The first kappa shape index (κ1) is 22.1. The molecule has 1 amide bonds. The topological polar surface area (TPSA) is 102 Å². The van der Waals surface area contributed by atoms with Gasteiger partial charge in [0.05, 0.1) is 10.6 Å². The molecule has 0 spiro atoms. The van der Waals surface area contributed by atoms with Gasteiger partial charge in [0.15, 0.2) is 0 Å². The first-order chi connectivity index (χ1) is 15.2. The normalized spacial score (nSPS) is 15.0. The van der Waals surface area contributed by atoms with E-state index < -0.39 is 17.6 Å². The summed E-state index contributed by atoms with van der Waals surface area (Å²) in [4.78, 5) is 20.1. The van der Waals surface area contributed by atoms with Crippen LogP contribution in [0.1, 0.15) is 28.8 Å². The van der Waals surface area contributed by atoms with Crippen molar-refractivity contribution in [1.29, 1.82) is 0 Å². The van der Waals surface area contributed by atoms with Crippen molar-refractivity contribution in [2.45, 2.75) is 25.1 Å². The van der Waals surface area contributed by atoms with Crippen LogP contribution in [0.3, 0.4) is 0 Å². The summed E-state index contributed by atoms with van der Waals surface area (Å²) in [6.45, 7) is 1.69. The van der Waals surface area contributed by atoms with E-state index in [1.807, 2.05) is 0 Å². The van der Waals surface area contributed by atoms with E-state index in [-0.39, 0.29) is 23.3 Å². The van der Waals surface area contributed by atoms with Crippen molar-refractivity contribution in [2.24, 2.45) is 5.73 Å². The predicted molar refractivity (Wildman–Crippen MR) is 114 cm³/mol. The number of aromatic nitrogens is 2. The van der Waals surface area contributed by atoms with Gasteiger partial charge in [-0.3, -0.25) is 4.79 Å². The lowest BCUT2D eigenvalue weighted by Gasteiger charge is -2.24. The third-order valence-corrected chi connectivity index (χ3v) is 5.37. The highest BCUT2D eigenvalue weighted by Crippen LogP contribution is 2.34. The maximum Gasteiger partial charge on any atom is 0.416 e. The van der Waals surface area contributed by atoms with E-state index in [4.69, 9.17) is 22.1 Å². The molecule has 32 heavy (non-hydrogen) atoms. The largest absolute Gasteiger partial charge is 0.488 e. The van der Waals surface area contributed by atoms with E-state index in [0.29, 0.717) is 27.7 Å². The van der Waals surface area contributed by atoms with Gasteiger partial charge in [-0.2, -0.15) is 13.2 Å². The molecule has 0 saturated carbocycles. The Bertz CT molecular complexity index is 1170. The summed E-state index contributed by atoms with van der Waals surface area (Å²) in [7, 11) is 0. The van der Waals surface area contributed by atoms with Crippen LogP contribution in [-0.4, -0.2) is 35.1 Å². The fraction of sp³-hybridized carbons (Fsp3) is 0.286. The summed E-state index contributed by atoms with van der Waals surface area (Å²) in [5, 5.41) is 6.94. The number of hydrogen-bond acceptors (Lipinski definition) is 6. The van der Waals surface area contributed by atoms with Gasteiger partial charge >= 0.3 is 6.18 Å². The number of piperidine rings is 1. The van der Waals surface area contributed by atoms with Crippen LogP contribution >= 0.6 is 11.6 Å². The molecule has 4 rings (SSSR count). The van der Waals surface area contributed by atoms with Gasteiger partial charge in [-0.25, -0.2) is 9.97 Å². The number of nitrogens with two attached hydrogens (primary N) is 1. The zero-order valence-corrected chi connectivity index (χ0v) is 17.4. The molecule has 2 heterocycles. The lowest BCUT2D eigenvalue weighted by Crippen LogP contribution is -2.34. The molecule has 2 aromatic carbocycles. The Hall–Kier alpha value is -3.11. The molecule has 7 nitrogen and oxygen atoms in total. The van der Waals surface area contributed by atoms with Crippen LogP contribution in [0.4, 0.5) is 24.8 Å². The number of carbonyl (C=O) groups is 1. The number of nitrogens with zero attached hydrogens (tertiary/aromatic N) is 2. The Kier molecular flexibility index (Phi) is 6.07. The molecule has 3 aromatic rings. The van der Waals surface area contributed by atoms with Gasteiger partial charge in [0, 0.05) is 22.8 Å². The van der Waals surface area contributed by atoms with E-state index in [0.717, 1.165) is 32.0 Å². The van der Waals surface area contributed by atoms with E-state index >= 15 is 0 Å². The van der Waals surface area contributed by atoms with Gasteiger partial charge in [0.1, 0.15) is 17.4 Å². The van der Waals surface area contributed by atoms with E-state index in [9.17, 15) is 18.0 Å². The number of hydrogen-bond donors (Lipinski definition) is 3. The van der Waals surface area contributed by atoms with Crippen molar-refractivity contribution >= 4 is 40.0 Å².